The molecule has 0 saturated heterocycles. The number of amides is 2. The zero-order chi connectivity index (χ0) is 12.8. The molecule has 1 aromatic rings. The number of nitrogens with one attached hydrogen (secondary N) is 2. The quantitative estimate of drug-likeness (QED) is 0.774. The Kier molecular flexibility index (Phi) is 4.63. The Morgan fingerprint density at radius 3 is 2.71 bits per heavy atom. The third-order valence-electron chi connectivity index (χ3n) is 2.35. The number of nitrogens with zero attached hydrogens (tertiary/aromatic N) is 1. The van der Waals surface area contributed by atoms with Crippen LogP contribution in [0.1, 0.15) is 25.8 Å². The first-order valence-electron chi connectivity index (χ1n) is 5.57. The van der Waals surface area contributed by atoms with Crippen molar-refractivity contribution < 1.29 is 9.59 Å². The summed E-state index contributed by atoms with van der Waals surface area (Å²) < 4.78 is 0. The maximum Gasteiger partial charge on any atom is 0.314 e. The van der Waals surface area contributed by atoms with E-state index in [0.29, 0.717) is 5.82 Å². The molecule has 17 heavy (non-hydrogen) atoms. The van der Waals surface area contributed by atoms with Crippen LogP contribution < -0.4 is 10.6 Å². The van der Waals surface area contributed by atoms with E-state index in [2.05, 4.69) is 15.6 Å². The lowest BCUT2D eigenvalue weighted by Crippen LogP contribution is -2.40. The van der Waals surface area contributed by atoms with Crippen LogP contribution in [0.15, 0.2) is 18.3 Å². The smallest absolute Gasteiger partial charge is 0.314 e. The normalized spacial score (nSPS) is 11.7. The molecule has 0 spiro atoms. The maximum absolute atomic E-state index is 11.5. The Morgan fingerprint density at radius 1 is 1.41 bits per heavy atom. The summed E-state index contributed by atoms with van der Waals surface area (Å²) in [7, 11) is 0. The predicted molar refractivity (Wildman–Crippen MR) is 65.5 cm³/mol. The van der Waals surface area contributed by atoms with Crippen LogP contribution in [0.2, 0.25) is 0 Å². The number of hydrogen-bond donors (Lipinski definition) is 2. The van der Waals surface area contributed by atoms with Crippen molar-refractivity contribution in [1.82, 2.24) is 10.3 Å². The van der Waals surface area contributed by atoms with Gasteiger partial charge in [-0.15, -0.1) is 0 Å². The van der Waals surface area contributed by atoms with Gasteiger partial charge >= 0.3 is 11.8 Å². The van der Waals surface area contributed by atoms with Crippen LogP contribution in [0.25, 0.3) is 0 Å². The lowest BCUT2D eigenvalue weighted by Gasteiger charge is -2.10. The molecule has 1 rings (SSSR count). The van der Waals surface area contributed by atoms with Crippen LogP contribution in [0.4, 0.5) is 5.82 Å². The average Bonchev–Trinajstić information content (AvgIpc) is 2.28. The van der Waals surface area contributed by atoms with E-state index < -0.39 is 11.8 Å². The summed E-state index contributed by atoms with van der Waals surface area (Å²) in [5.74, 6) is -0.944. The number of carbonyl (C=O) groups excluding carboxylic acids is 2. The molecule has 0 aromatic carbocycles. The van der Waals surface area contributed by atoms with Crippen LogP contribution in [0.5, 0.6) is 0 Å². The number of anilines is 1. The number of aryl methyl sites for hydroxylation is 1. The van der Waals surface area contributed by atoms with E-state index >= 15 is 0 Å². The Balaban J connectivity index is 2.57. The standard InChI is InChI=1S/C12H17N3O2/c1-4-9(3)14-11(16)12(17)15-10-7-8(2)5-6-13-10/h5-7,9H,4H2,1-3H3,(H,14,16)(H,13,15,17). The first-order valence-corrected chi connectivity index (χ1v) is 5.57. The fraction of sp³-hybridized carbons (Fsp3) is 0.417. The van der Waals surface area contributed by atoms with Crippen molar-refractivity contribution in [3.05, 3.63) is 23.9 Å². The summed E-state index contributed by atoms with van der Waals surface area (Å²) in [6.45, 7) is 5.66. The number of rotatable bonds is 3. The van der Waals surface area contributed by atoms with Crippen molar-refractivity contribution in [1.29, 1.82) is 0 Å². The molecule has 0 aliphatic carbocycles. The van der Waals surface area contributed by atoms with Gasteiger partial charge in [0, 0.05) is 12.2 Å². The van der Waals surface area contributed by atoms with Gasteiger partial charge in [0.2, 0.25) is 0 Å². The maximum atomic E-state index is 11.5. The molecule has 0 aliphatic heterocycles. The molecular formula is C12H17N3O2. The van der Waals surface area contributed by atoms with E-state index in [0.717, 1.165) is 12.0 Å². The lowest BCUT2D eigenvalue weighted by molar-refractivity contribution is -0.136. The Hall–Kier alpha value is -1.91. The van der Waals surface area contributed by atoms with E-state index in [9.17, 15) is 9.59 Å². The third-order valence-corrected chi connectivity index (χ3v) is 2.35. The molecule has 5 heteroatoms. The van der Waals surface area contributed by atoms with Crippen LogP contribution in [0, 0.1) is 6.92 Å². The first-order chi connectivity index (χ1) is 8.02. The molecule has 92 valence electrons. The van der Waals surface area contributed by atoms with Crippen LogP contribution >= 0.6 is 0 Å². The van der Waals surface area contributed by atoms with Crippen molar-refractivity contribution in [2.75, 3.05) is 5.32 Å². The second kappa shape index (κ2) is 5.98. The van der Waals surface area contributed by atoms with Gasteiger partial charge in [0.25, 0.3) is 0 Å². The van der Waals surface area contributed by atoms with E-state index in [1.54, 1.807) is 12.3 Å². The minimum atomic E-state index is -0.691. The van der Waals surface area contributed by atoms with Gasteiger partial charge in [-0.1, -0.05) is 6.92 Å². The zero-order valence-electron chi connectivity index (χ0n) is 10.3. The van der Waals surface area contributed by atoms with Crippen molar-refractivity contribution in [2.45, 2.75) is 33.2 Å². The van der Waals surface area contributed by atoms with Crippen molar-refractivity contribution in [3.8, 4) is 0 Å². The van der Waals surface area contributed by atoms with Gasteiger partial charge in [-0.25, -0.2) is 4.98 Å². The van der Waals surface area contributed by atoms with Gasteiger partial charge in [-0.2, -0.15) is 0 Å². The van der Waals surface area contributed by atoms with Crippen molar-refractivity contribution >= 4 is 17.6 Å². The van der Waals surface area contributed by atoms with E-state index in [1.807, 2.05) is 26.8 Å². The Morgan fingerprint density at radius 2 is 2.12 bits per heavy atom. The molecule has 0 radical (unpaired) electrons. The van der Waals surface area contributed by atoms with E-state index in [1.165, 1.54) is 0 Å². The fourth-order valence-corrected chi connectivity index (χ4v) is 1.17. The fourth-order valence-electron chi connectivity index (χ4n) is 1.17. The lowest BCUT2D eigenvalue weighted by atomic mass is 10.2. The highest BCUT2D eigenvalue weighted by molar-refractivity contribution is 6.39. The van der Waals surface area contributed by atoms with Crippen LogP contribution in [-0.2, 0) is 9.59 Å². The highest BCUT2D eigenvalue weighted by Gasteiger charge is 2.15. The van der Waals surface area contributed by atoms with E-state index in [-0.39, 0.29) is 6.04 Å². The average molecular weight is 235 g/mol. The van der Waals surface area contributed by atoms with Gasteiger partial charge in [0.1, 0.15) is 5.82 Å². The molecule has 2 N–H and O–H groups in total. The minimum Gasteiger partial charge on any atom is -0.345 e. The number of aromatic nitrogens is 1. The molecule has 0 bridgehead atoms. The monoisotopic (exact) mass is 235 g/mol. The molecule has 2 amide bonds. The van der Waals surface area contributed by atoms with Crippen LogP contribution in [0.3, 0.4) is 0 Å². The summed E-state index contributed by atoms with van der Waals surface area (Å²) >= 11 is 0. The summed E-state index contributed by atoms with van der Waals surface area (Å²) in [5, 5.41) is 5.04. The summed E-state index contributed by atoms with van der Waals surface area (Å²) in [5.41, 5.74) is 0.970. The van der Waals surface area contributed by atoms with Crippen molar-refractivity contribution in [3.63, 3.8) is 0 Å². The highest BCUT2D eigenvalue weighted by atomic mass is 16.2. The highest BCUT2D eigenvalue weighted by Crippen LogP contribution is 2.04. The van der Waals surface area contributed by atoms with Crippen LogP contribution in [-0.4, -0.2) is 22.8 Å². The number of pyridine rings is 1. The summed E-state index contributed by atoms with van der Waals surface area (Å²) in [6, 6.07) is 3.50. The van der Waals surface area contributed by atoms with Gasteiger partial charge in [-0.05, 0) is 38.0 Å². The Bertz CT molecular complexity index is 418. The third kappa shape index (κ3) is 4.22. The minimum absolute atomic E-state index is 0.0151. The number of hydrogen-bond acceptors (Lipinski definition) is 3. The van der Waals surface area contributed by atoms with Gasteiger partial charge in [0.05, 0.1) is 0 Å². The Labute approximate surface area is 101 Å². The molecule has 1 aromatic heterocycles. The summed E-state index contributed by atoms with van der Waals surface area (Å²) in [4.78, 5) is 26.9. The SMILES string of the molecule is CCC(C)NC(=O)C(=O)Nc1cc(C)ccn1. The molecule has 0 fully saturated rings. The van der Waals surface area contributed by atoms with Gasteiger partial charge in [0.15, 0.2) is 0 Å². The molecule has 5 nitrogen and oxygen atoms in total. The van der Waals surface area contributed by atoms with Gasteiger partial charge in [-0.3, -0.25) is 9.59 Å². The zero-order valence-corrected chi connectivity index (χ0v) is 10.3. The molecule has 1 unspecified atom stereocenters. The van der Waals surface area contributed by atoms with E-state index in [4.69, 9.17) is 0 Å². The topological polar surface area (TPSA) is 71.1 Å². The number of carbonyl (C=O) groups is 2. The molecular weight excluding hydrogens is 218 g/mol. The first kappa shape index (κ1) is 13.2. The predicted octanol–water partition coefficient (Wildman–Crippen LogP) is 1.24. The molecule has 0 saturated carbocycles. The second-order valence-electron chi connectivity index (χ2n) is 3.96. The van der Waals surface area contributed by atoms with Crippen molar-refractivity contribution in [2.24, 2.45) is 0 Å². The largest absolute Gasteiger partial charge is 0.345 e. The second-order valence-corrected chi connectivity index (χ2v) is 3.96. The summed E-state index contributed by atoms with van der Waals surface area (Å²) in [6.07, 6.45) is 2.36. The molecule has 0 aliphatic rings. The van der Waals surface area contributed by atoms with Gasteiger partial charge < -0.3 is 10.6 Å². The molecule has 1 atom stereocenters. The molecule has 1 heterocycles.